The maximum atomic E-state index is 13.1. The van der Waals surface area contributed by atoms with Gasteiger partial charge < -0.3 is 5.32 Å². The van der Waals surface area contributed by atoms with Gasteiger partial charge in [-0.3, -0.25) is 4.79 Å². The first-order valence-corrected chi connectivity index (χ1v) is 6.24. The number of hydrogen-bond acceptors (Lipinski definition) is 4. The lowest BCUT2D eigenvalue weighted by molar-refractivity contribution is 0.102. The molecule has 0 aliphatic rings. The van der Waals surface area contributed by atoms with Gasteiger partial charge in [0.25, 0.3) is 5.91 Å². The van der Waals surface area contributed by atoms with Crippen molar-refractivity contribution < 1.29 is 9.18 Å². The van der Waals surface area contributed by atoms with Crippen molar-refractivity contribution in [2.75, 3.05) is 5.32 Å². The Balaban J connectivity index is 2.26. The molecule has 0 atom stereocenters. The summed E-state index contributed by atoms with van der Waals surface area (Å²) in [5.41, 5.74) is 1.02. The molecule has 0 unspecified atom stereocenters. The van der Waals surface area contributed by atoms with E-state index in [0.717, 1.165) is 6.07 Å². The number of rotatable bonds is 2. The number of nitriles is 2. The van der Waals surface area contributed by atoms with Gasteiger partial charge in [0.05, 0.1) is 11.1 Å². The lowest BCUT2D eigenvalue weighted by Crippen LogP contribution is -2.12. The average molecular weight is 297 g/mol. The maximum absolute atomic E-state index is 13.1. The molecule has 0 heterocycles. The minimum absolute atomic E-state index is 0.0696. The largest absolute Gasteiger partial charge is 0.322 e. The van der Waals surface area contributed by atoms with Crippen molar-refractivity contribution in [3.8, 4) is 12.1 Å². The predicted molar refractivity (Wildman–Crippen MR) is 77.5 cm³/mol. The Labute approximate surface area is 125 Å². The first kappa shape index (κ1) is 14.6. The smallest absolute Gasteiger partial charge is 0.255 e. The molecular formula is C15H8FN3OS. The van der Waals surface area contributed by atoms with Crippen LogP contribution in [0.15, 0.2) is 41.3 Å². The van der Waals surface area contributed by atoms with Crippen LogP contribution < -0.4 is 5.32 Å². The van der Waals surface area contributed by atoms with Crippen molar-refractivity contribution in [1.29, 1.82) is 10.5 Å². The Hall–Kier alpha value is -2.83. The van der Waals surface area contributed by atoms with Crippen molar-refractivity contribution in [3.05, 3.63) is 58.9 Å². The van der Waals surface area contributed by atoms with Crippen molar-refractivity contribution in [2.45, 2.75) is 4.90 Å². The quantitative estimate of drug-likeness (QED) is 0.836. The summed E-state index contributed by atoms with van der Waals surface area (Å²) < 4.78 is 13.1. The van der Waals surface area contributed by atoms with E-state index in [1.54, 1.807) is 0 Å². The summed E-state index contributed by atoms with van der Waals surface area (Å²) in [4.78, 5) is 12.1. The minimum atomic E-state index is -0.514. The molecule has 0 aliphatic heterocycles. The van der Waals surface area contributed by atoms with Crippen LogP contribution in [-0.4, -0.2) is 5.91 Å². The summed E-state index contributed by atoms with van der Waals surface area (Å²) >= 11 is 3.91. The third-order valence-corrected chi connectivity index (χ3v) is 3.07. The highest BCUT2D eigenvalue weighted by Gasteiger charge is 2.10. The monoisotopic (exact) mass is 297 g/mol. The number of amides is 1. The van der Waals surface area contributed by atoms with Crippen molar-refractivity contribution in [3.63, 3.8) is 0 Å². The molecule has 1 amide bonds. The molecule has 0 saturated heterocycles. The summed E-state index contributed by atoms with van der Waals surface area (Å²) in [5, 5.41) is 20.3. The van der Waals surface area contributed by atoms with Crippen LogP contribution >= 0.6 is 12.6 Å². The van der Waals surface area contributed by atoms with Gasteiger partial charge in [-0.2, -0.15) is 10.5 Å². The fourth-order valence-electron chi connectivity index (χ4n) is 1.67. The molecule has 0 bridgehead atoms. The van der Waals surface area contributed by atoms with E-state index >= 15 is 0 Å². The molecule has 4 nitrogen and oxygen atoms in total. The molecule has 21 heavy (non-hydrogen) atoms. The number of halogens is 1. The summed E-state index contributed by atoms with van der Waals surface area (Å²) in [6.07, 6.45) is 0. The number of hydrogen-bond donors (Lipinski definition) is 2. The molecular weight excluding hydrogens is 289 g/mol. The molecule has 2 aromatic rings. The summed E-state index contributed by atoms with van der Waals surface area (Å²) in [6, 6.07) is 11.9. The third-order valence-electron chi connectivity index (χ3n) is 2.73. The second-order valence-electron chi connectivity index (χ2n) is 4.10. The standard InChI is InChI=1S/C15H8FN3OS/c16-13-4-2-9(6-14(13)21)15(20)19-12-3-1-10(7-17)11(5-12)8-18/h1-6,21H,(H,19,20). The van der Waals surface area contributed by atoms with Gasteiger partial charge in [0.15, 0.2) is 0 Å². The van der Waals surface area contributed by atoms with E-state index in [2.05, 4.69) is 17.9 Å². The molecule has 6 heteroatoms. The van der Waals surface area contributed by atoms with Gasteiger partial charge in [-0.1, -0.05) is 0 Å². The number of carbonyl (C=O) groups is 1. The van der Waals surface area contributed by atoms with Crippen LogP contribution in [0.3, 0.4) is 0 Å². The molecule has 2 rings (SSSR count). The molecule has 0 radical (unpaired) electrons. The molecule has 2 aromatic carbocycles. The van der Waals surface area contributed by atoms with Gasteiger partial charge in [-0.25, -0.2) is 4.39 Å². The lowest BCUT2D eigenvalue weighted by atomic mass is 10.1. The Kier molecular flexibility index (Phi) is 4.22. The third kappa shape index (κ3) is 3.19. The highest BCUT2D eigenvalue weighted by Crippen LogP contribution is 2.18. The highest BCUT2D eigenvalue weighted by molar-refractivity contribution is 7.80. The van der Waals surface area contributed by atoms with Gasteiger partial charge >= 0.3 is 0 Å². The van der Waals surface area contributed by atoms with Crippen LogP contribution in [0.2, 0.25) is 0 Å². The summed E-state index contributed by atoms with van der Waals surface area (Å²) in [7, 11) is 0. The number of nitrogens with zero attached hydrogens (tertiary/aromatic N) is 2. The van der Waals surface area contributed by atoms with Gasteiger partial charge in [0, 0.05) is 16.1 Å². The zero-order chi connectivity index (χ0) is 15.4. The topological polar surface area (TPSA) is 76.7 Å². The fourth-order valence-corrected chi connectivity index (χ4v) is 1.88. The second kappa shape index (κ2) is 6.08. The number of nitrogens with one attached hydrogen (secondary N) is 1. The van der Waals surface area contributed by atoms with Gasteiger partial charge in [0.1, 0.15) is 18.0 Å². The molecule has 1 N–H and O–H groups in total. The lowest BCUT2D eigenvalue weighted by Gasteiger charge is -2.07. The second-order valence-corrected chi connectivity index (χ2v) is 4.59. The number of carbonyl (C=O) groups excluding carboxylic acids is 1. The molecule has 102 valence electrons. The van der Waals surface area contributed by atoms with Crippen molar-refractivity contribution in [2.24, 2.45) is 0 Å². The van der Waals surface area contributed by atoms with Crippen LogP contribution in [0.4, 0.5) is 10.1 Å². The van der Waals surface area contributed by atoms with Crippen molar-refractivity contribution >= 4 is 24.2 Å². The zero-order valence-corrected chi connectivity index (χ0v) is 11.5. The number of anilines is 1. The van der Waals surface area contributed by atoms with E-state index in [1.807, 2.05) is 12.1 Å². The molecule has 0 fully saturated rings. The first-order chi connectivity index (χ1) is 10.0. The van der Waals surface area contributed by atoms with E-state index in [9.17, 15) is 9.18 Å². The van der Waals surface area contributed by atoms with Gasteiger partial charge in [-0.05, 0) is 36.4 Å². The first-order valence-electron chi connectivity index (χ1n) is 5.79. The van der Waals surface area contributed by atoms with Crippen LogP contribution in [0, 0.1) is 28.5 Å². The highest BCUT2D eigenvalue weighted by atomic mass is 32.1. The van der Waals surface area contributed by atoms with E-state index in [1.165, 1.54) is 30.3 Å². The average Bonchev–Trinajstić information content (AvgIpc) is 2.49. The SMILES string of the molecule is N#Cc1ccc(NC(=O)c2ccc(F)c(S)c2)cc1C#N. The van der Waals surface area contributed by atoms with Gasteiger partial charge in [-0.15, -0.1) is 12.6 Å². The summed E-state index contributed by atoms with van der Waals surface area (Å²) in [6.45, 7) is 0. The van der Waals surface area contributed by atoms with E-state index < -0.39 is 11.7 Å². The minimum Gasteiger partial charge on any atom is -0.322 e. The normalized spacial score (nSPS) is 9.52. The molecule has 0 aromatic heterocycles. The number of benzene rings is 2. The fraction of sp³-hybridized carbons (Fsp3) is 0. The van der Waals surface area contributed by atoms with E-state index in [-0.39, 0.29) is 21.6 Å². The number of thiol groups is 1. The van der Waals surface area contributed by atoms with Crippen LogP contribution in [0.1, 0.15) is 21.5 Å². The Morgan fingerprint density at radius 1 is 1.10 bits per heavy atom. The van der Waals surface area contributed by atoms with Crippen LogP contribution in [0.5, 0.6) is 0 Å². The summed E-state index contributed by atoms with van der Waals surface area (Å²) in [5.74, 6) is -0.973. The Morgan fingerprint density at radius 3 is 2.43 bits per heavy atom. The predicted octanol–water partition coefficient (Wildman–Crippen LogP) is 3.11. The van der Waals surface area contributed by atoms with Crippen molar-refractivity contribution in [1.82, 2.24) is 0 Å². The van der Waals surface area contributed by atoms with E-state index in [4.69, 9.17) is 10.5 Å². The Bertz CT molecular complexity index is 806. The maximum Gasteiger partial charge on any atom is 0.255 e. The van der Waals surface area contributed by atoms with Gasteiger partial charge in [0.2, 0.25) is 0 Å². The van der Waals surface area contributed by atoms with E-state index in [0.29, 0.717) is 5.69 Å². The van der Waals surface area contributed by atoms with Crippen LogP contribution in [0.25, 0.3) is 0 Å². The molecule has 0 spiro atoms. The zero-order valence-electron chi connectivity index (χ0n) is 10.6. The van der Waals surface area contributed by atoms with Crippen LogP contribution in [-0.2, 0) is 0 Å². The molecule has 0 saturated carbocycles. The Morgan fingerprint density at radius 2 is 1.81 bits per heavy atom. The molecule has 0 aliphatic carbocycles.